The lowest BCUT2D eigenvalue weighted by Crippen LogP contribution is -2.26. The third-order valence-electron chi connectivity index (χ3n) is 25.0. The number of fused-ring (bicyclic) bond motifs is 6. The van der Waals surface area contributed by atoms with Crippen LogP contribution in [0.25, 0.3) is 55.6 Å². The first-order valence-corrected chi connectivity index (χ1v) is 42.5. The maximum absolute atomic E-state index is 5.71. The van der Waals surface area contributed by atoms with E-state index < -0.39 is 0 Å². The largest absolute Gasteiger partial charge is 0.373 e. The second-order valence-electron chi connectivity index (χ2n) is 35.1. The Balaban J connectivity index is 0.797. The van der Waals surface area contributed by atoms with Crippen LogP contribution in [0.3, 0.4) is 0 Å². The lowest BCUT2D eigenvalue weighted by Gasteiger charge is -2.34. The van der Waals surface area contributed by atoms with Crippen LogP contribution in [0.1, 0.15) is 267 Å². The number of nitrogens with zero attached hydrogens (tertiary/aromatic N) is 2. The molecule has 2 unspecified atom stereocenters. The van der Waals surface area contributed by atoms with E-state index in [1.54, 1.807) is 16.7 Å². The zero-order valence-electron chi connectivity index (χ0n) is 67.4. The van der Waals surface area contributed by atoms with Crippen LogP contribution in [0.5, 0.6) is 0 Å². The Labute approximate surface area is 651 Å². The van der Waals surface area contributed by atoms with Gasteiger partial charge in [0.25, 0.3) is 0 Å². The van der Waals surface area contributed by atoms with Crippen LogP contribution in [0.2, 0.25) is 0 Å². The molecule has 2 atom stereocenters. The standard InChI is InChI=1S/C104H124N2O2/c1-11-13-15-17-21-27-65-103(66-28-22-18-16-14-12-2)97-69-76(4)35-61-93(97)94-63-43-81(71-99(94)103)82-44-64-96-95-62-42-80(70-98(95)104(100(96)72-82,67-29-23-19-25-31-91-73-107-91)68-30-24-20-26-32-92-74-108-92)79-40-55-88(56-41-79)106(90-59-47-84(48-60-90)102(8,9)10)87-53-38-78(39-54-87)77-36-51-86(52-37-77)105(85-49-33-75(3)34-50-85)89-57-45-83(46-58-89)101(5,6)7/h33-64,69-72,91-92H,11-32,65-68,73-74H2,1-10H3. The summed E-state index contributed by atoms with van der Waals surface area (Å²) in [6.07, 6.45) is 34.0. The Morgan fingerprint density at radius 3 is 0.861 bits per heavy atom. The fraction of sp³-hybridized carbons (Fsp3) is 0.423. The lowest BCUT2D eigenvalue weighted by atomic mass is 9.69. The first-order chi connectivity index (χ1) is 52.5. The summed E-state index contributed by atoms with van der Waals surface area (Å²) >= 11 is 0. The van der Waals surface area contributed by atoms with Crippen molar-refractivity contribution in [2.24, 2.45) is 0 Å². The predicted molar refractivity (Wildman–Crippen MR) is 462 cm³/mol. The van der Waals surface area contributed by atoms with Gasteiger partial charge in [0.1, 0.15) is 0 Å². The minimum absolute atomic E-state index is 0.0227. The summed E-state index contributed by atoms with van der Waals surface area (Å²) in [5.74, 6) is 0. The number of hydrogen-bond donors (Lipinski definition) is 0. The molecule has 0 spiro atoms. The number of unbranched alkanes of at least 4 members (excludes halogenated alkanes) is 16. The van der Waals surface area contributed by atoms with Crippen LogP contribution < -0.4 is 9.80 Å². The second-order valence-corrected chi connectivity index (χ2v) is 35.1. The highest BCUT2D eigenvalue weighted by atomic mass is 16.6. The summed E-state index contributed by atoms with van der Waals surface area (Å²) in [6, 6.07) is 85.7. The number of aryl methyl sites for hydroxylation is 2. The average Bonchev–Trinajstić information content (AvgIpc) is 1.56. The van der Waals surface area contributed by atoms with Gasteiger partial charge < -0.3 is 19.3 Å². The topological polar surface area (TPSA) is 31.5 Å². The zero-order chi connectivity index (χ0) is 74.8. The molecule has 4 nitrogen and oxygen atoms in total. The molecule has 108 heavy (non-hydrogen) atoms. The van der Waals surface area contributed by atoms with Crippen molar-refractivity contribution in [1.82, 2.24) is 0 Å². The normalized spacial score (nSPS) is 16.6. The third-order valence-corrected chi connectivity index (χ3v) is 25.0. The van der Waals surface area contributed by atoms with Crippen LogP contribution in [-0.2, 0) is 31.1 Å². The monoisotopic (exact) mass is 1430 g/mol. The summed E-state index contributed by atoms with van der Waals surface area (Å²) in [6.45, 7) is 24.8. The number of anilines is 6. The minimum Gasteiger partial charge on any atom is -0.373 e. The van der Waals surface area contributed by atoms with Gasteiger partial charge in [-0.25, -0.2) is 0 Å². The summed E-state index contributed by atoms with van der Waals surface area (Å²) in [5, 5.41) is 0. The molecule has 10 aromatic rings. The Morgan fingerprint density at radius 2 is 0.537 bits per heavy atom. The highest BCUT2D eigenvalue weighted by molar-refractivity contribution is 5.89. The lowest BCUT2D eigenvalue weighted by molar-refractivity contribution is 0.374. The van der Waals surface area contributed by atoms with Crippen LogP contribution in [-0.4, -0.2) is 25.4 Å². The van der Waals surface area contributed by atoms with Crippen molar-refractivity contribution in [2.75, 3.05) is 23.0 Å². The second kappa shape index (κ2) is 34.3. The van der Waals surface area contributed by atoms with Crippen molar-refractivity contribution < 1.29 is 9.47 Å². The Kier molecular flexibility index (Phi) is 24.3. The molecule has 2 heterocycles. The van der Waals surface area contributed by atoms with Gasteiger partial charge >= 0.3 is 0 Å². The molecule has 0 saturated carbocycles. The molecule has 10 aromatic carbocycles. The first-order valence-electron chi connectivity index (χ1n) is 42.5. The maximum Gasteiger partial charge on any atom is 0.0810 e. The van der Waals surface area contributed by atoms with Crippen LogP contribution in [0.15, 0.2) is 218 Å². The quantitative estimate of drug-likeness (QED) is 0.0287. The molecule has 4 aliphatic rings. The Hall–Kier alpha value is -8.28. The summed E-state index contributed by atoms with van der Waals surface area (Å²) in [7, 11) is 0. The number of epoxide rings is 2. The van der Waals surface area contributed by atoms with Crippen molar-refractivity contribution in [2.45, 2.75) is 270 Å². The van der Waals surface area contributed by atoms with Gasteiger partial charge in [0, 0.05) is 45.0 Å². The predicted octanol–water partition coefficient (Wildman–Crippen LogP) is 30.4. The Morgan fingerprint density at radius 1 is 0.287 bits per heavy atom. The van der Waals surface area contributed by atoms with Crippen molar-refractivity contribution in [3.8, 4) is 55.6 Å². The SMILES string of the molecule is CCCCCCCCC1(CCCCCCCC)c2cc(C)ccc2-c2ccc(-c3ccc4c(c3)C(CCCCCCC3CO3)(CCCCCCC3CO3)c3cc(-c5ccc(N(c6ccc(-c7ccc(N(c8ccc(C)cc8)c8ccc(C(C)(C)C)cc8)cc7)cc6)c6ccc(C(C)(C)C)cc6)cc5)ccc3-4)cc21. The van der Waals surface area contributed by atoms with Crippen molar-refractivity contribution in [3.63, 3.8) is 0 Å². The molecule has 0 radical (unpaired) electrons. The first kappa shape index (κ1) is 76.5. The fourth-order valence-electron chi connectivity index (χ4n) is 18.4. The maximum atomic E-state index is 5.71. The summed E-state index contributed by atoms with van der Waals surface area (Å²) in [5.41, 5.74) is 31.9. The van der Waals surface area contributed by atoms with E-state index in [-0.39, 0.29) is 21.7 Å². The van der Waals surface area contributed by atoms with Gasteiger partial charge in [-0.05, 0) is 243 Å². The van der Waals surface area contributed by atoms with Gasteiger partial charge in [-0.2, -0.15) is 0 Å². The van der Waals surface area contributed by atoms with Gasteiger partial charge in [-0.15, -0.1) is 0 Å². The van der Waals surface area contributed by atoms with Crippen molar-refractivity contribution in [1.29, 1.82) is 0 Å². The average molecular weight is 1430 g/mol. The molecule has 0 aromatic heterocycles. The smallest absolute Gasteiger partial charge is 0.0810 e. The third kappa shape index (κ3) is 17.6. The molecule has 0 amide bonds. The number of hydrogen-bond acceptors (Lipinski definition) is 4. The molecular weight excluding hydrogens is 1310 g/mol. The zero-order valence-corrected chi connectivity index (χ0v) is 67.4. The molecule has 0 bridgehead atoms. The number of benzene rings is 10. The molecule has 14 rings (SSSR count). The van der Waals surface area contributed by atoms with Gasteiger partial charge in [-0.1, -0.05) is 322 Å². The highest BCUT2D eigenvalue weighted by Crippen LogP contribution is 2.59. The number of rotatable bonds is 37. The Bertz CT molecular complexity index is 4540. The van der Waals surface area contributed by atoms with Gasteiger partial charge in [0.2, 0.25) is 0 Å². The van der Waals surface area contributed by atoms with Crippen LogP contribution in [0, 0.1) is 13.8 Å². The van der Waals surface area contributed by atoms with Crippen molar-refractivity contribution >= 4 is 34.1 Å². The highest BCUT2D eigenvalue weighted by Gasteiger charge is 2.45. The van der Waals surface area contributed by atoms with Gasteiger partial charge in [0.05, 0.1) is 25.4 Å². The van der Waals surface area contributed by atoms with E-state index in [0.29, 0.717) is 12.2 Å². The molecule has 2 saturated heterocycles. The van der Waals surface area contributed by atoms with Gasteiger partial charge in [-0.3, -0.25) is 0 Å². The molecule has 2 fully saturated rings. The minimum atomic E-state index is -0.120. The van der Waals surface area contributed by atoms with E-state index in [2.05, 4.69) is 297 Å². The summed E-state index contributed by atoms with van der Waals surface area (Å²) < 4.78 is 11.4. The van der Waals surface area contributed by atoms with Gasteiger partial charge in [0.15, 0.2) is 0 Å². The van der Waals surface area contributed by atoms with E-state index >= 15 is 0 Å². The number of ether oxygens (including phenoxy) is 2. The molecule has 562 valence electrons. The molecule has 0 N–H and O–H groups in total. The van der Waals surface area contributed by atoms with Crippen LogP contribution in [0.4, 0.5) is 34.1 Å². The molecular formula is C104H124N2O2. The molecule has 2 aliphatic heterocycles. The van der Waals surface area contributed by atoms with E-state index in [9.17, 15) is 0 Å². The molecule has 2 aliphatic carbocycles. The van der Waals surface area contributed by atoms with Crippen molar-refractivity contribution in [3.05, 3.63) is 263 Å². The van der Waals surface area contributed by atoms with E-state index in [1.165, 1.54) is 238 Å². The van der Waals surface area contributed by atoms with E-state index in [4.69, 9.17) is 9.47 Å². The molecule has 4 heteroatoms. The van der Waals surface area contributed by atoms with E-state index in [0.717, 1.165) is 60.2 Å². The van der Waals surface area contributed by atoms with Crippen LogP contribution >= 0.6 is 0 Å². The fourth-order valence-corrected chi connectivity index (χ4v) is 18.4. The summed E-state index contributed by atoms with van der Waals surface area (Å²) in [4.78, 5) is 4.81. The van der Waals surface area contributed by atoms with E-state index in [1.807, 2.05) is 0 Å².